The molecule has 3 heteroatoms. The van der Waals surface area contributed by atoms with Crippen molar-refractivity contribution >= 4 is 5.84 Å². The van der Waals surface area contributed by atoms with Crippen LogP contribution in [0.5, 0.6) is 0 Å². The maximum Gasteiger partial charge on any atom is 0.123 e. The molecule has 0 saturated heterocycles. The molecule has 0 aliphatic rings. The van der Waals surface area contributed by atoms with Crippen molar-refractivity contribution in [2.24, 2.45) is 0 Å². The van der Waals surface area contributed by atoms with Crippen LogP contribution in [0.2, 0.25) is 0 Å². The molecule has 0 bridgehead atoms. The summed E-state index contributed by atoms with van der Waals surface area (Å²) in [5.41, 5.74) is 0.901. The van der Waals surface area contributed by atoms with Gasteiger partial charge in [0.1, 0.15) is 5.82 Å². The van der Waals surface area contributed by atoms with Crippen LogP contribution in [0.4, 0.5) is 4.39 Å². The van der Waals surface area contributed by atoms with Crippen LogP contribution in [0.25, 0.3) is 0 Å². The highest BCUT2D eigenvalue weighted by Crippen LogP contribution is 2.07. The van der Waals surface area contributed by atoms with Crippen molar-refractivity contribution in [3.8, 4) is 0 Å². The smallest absolute Gasteiger partial charge is 0.123 e. The fourth-order valence-electron chi connectivity index (χ4n) is 1.43. The Morgan fingerprint density at radius 1 is 1.47 bits per heavy atom. The Labute approximate surface area is 90.2 Å². The Morgan fingerprint density at radius 3 is 2.80 bits per heavy atom. The fourth-order valence-corrected chi connectivity index (χ4v) is 1.43. The predicted molar refractivity (Wildman–Crippen MR) is 60.5 cm³/mol. The van der Waals surface area contributed by atoms with Gasteiger partial charge in [-0.1, -0.05) is 19.1 Å². The Morgan fingerprint density at radius 2 is 2.20 bits per heavy atom. The molecule has 0 aliphatic heterocycles. The molecule has 1 aromatic rings. The van der Waals surface area contributed by atoms with Gasteiger partial charge in [0.25, 0.3) is 0 Å². The van der Waals surface area contributed by atoms with Crippen LogP contribution in [0, 0.1) is 11.2 Å². The molecular formula is C12H17FN2. The molecule has 1 rings (SSSR count). The normalized spacial score (nSPS) is 10.1. The van der Waals surface area contributed by atoms with E-state index in [1.807, 2.05) is 24.9 Å². The maximum atomic E-state index is 12.9. The molecule has 0 aliphatic carbocycles. The van der Waals surface area contributed by atoms with E-state index in [0.717, 1.165) is 18.4 Å². The lowest BCUT2D eigenvalue weighted by molar-refractivity contribution is 0.481. The van der Waals surface area contributed by atoms with Crippen LogP contribution in [0.15, 0.2) is 24.3 Å². The summed E-state index contributed by atoms with van der Waals surface area (Å²) in [7, 11) is 1.86. The van der Waals surface area contributed by atoms with Crippen LogP contribution in [-0.2, 0) is 6.54 Å². The molecule has 2 nitrogen and oxygen atoms in total. The number of nitrogens with one attached hydrogen (secondary N) is 1. The van der Waals surface area contributed by atoms with Crippen molar-refractivity contribution in [2.45, 2.75) is 26.3 Å². The average Bonchev–Trinajstić information content (AvgIpc) is 2.18. The number of amidine groups is 1. The van der Waals surface area contributed by atoms with Crippen molar-refractivity contribution in [1.82, 2.24) is 4.90 Å². The van der Waals surface area contributed by atoms with Crippen LogP contribution >= 0.6 is 0 Å². The highest BCUT2D eigenvalue weighted by Gasteiger charge is 2.04. The number of rotatable bonds is 4. The summed E-state index contributed by atoms with van der Waals surface area (Å²) in [4.78, 5) is 1.85. The Bertz CT molecular complexity index is 336. The van der Waals surface area contributed by atoms with Crippen molar-refractivity contribution in [2.75, 3.05) is 7.05 Å². The molecule has 0 atom stereocenters. The first kappa shape index (κ1) is 11.7. The van der Waals surface area contributed by atoms with E-state index in [1.165, 1.54) is 12.1 Å². The number of hydrogen-bond acceptors (Lipinski definition) is 1. The molecule has 0 aromatic heterocycles. The lowest BCUT2D eigenvalue weighted by Gasteiger charge is -2.19. The molecule has 15 heavy (non-hydrogen) atoms. The van der Waals surface area contributed by atoms with Gasteiger partial charge in [-0.05, 0) is 24.1 Å². The molecule has 0 amide bonds. The predicted octanol–water partition coefficient (Wildman–Crippen LogP) is 3.03. The monoisotopic (exact) mass is 208 g/mol. The fraction of sp³-hybridized carbons (Fsp3) is 0.417. The zero-order chi connectivity index (χ0) is 11.3. The number of nitrogens with zero attached hydrogens (tertiary/aromatic N) is 1. The number of hydrogen-bond donors (Lipinski definition) is 1. The standard InChI is InChI=1S/C12H17FN2/c1-3-5-12(14)15(2)9-10-6-4-7-11(13)8-10/h4,6-8,14H,3,5,9H2,1-2H3. The minimum absolute atomic E-state index is 0.220. The molecule has 0 heterocycles. The SMILES string of the molecule is CCCC(=N)N(C)Cc1cccc(F)c1. The van der Waals surface area contributed by atoms with Gasteiger partial charge in [0.15, 0.2) is 0 Å². The zero-order valence-corrected chi connectivity index (χ0v) is 9.26. The van der Waals surface area contributed by atoms with E-state index in [0.29, 0.717) is 12.4 Å². The third-order valence-corrected chi connectivity index (χ3v) is 2.26. The van der Waals surface area contributed by atoms with E-state index in [-0.39, 0.29) is 5.82 Å². The number of benzene rings is 1. The minimum atomic E-state index is -0.220. The number of halogens is 1. The molecule has 1 N–H and O–H groups in total. The summed E-state index contributed by atoms with van der Waals surface area (Å²) in [6, 6.07) is 6.51. The highest BCUT2D eigenvalue weighted by atomic mass is 19.1. The average molecular weight is 208 g/mol. The molecule has 0 spiro atoms. The quantitative estimate of drug-likeness (QED) is 0.597. The van der Waals surface area contributed by atoms with Gasteiger partial charge in [-0.3, -0.25) is 5.41 Å². The Kier molecular flexibility index (Phi) is 4.28. The molecule has 0 saturated carbocycles. The summed E-state index contributed by atoms with van der Waals surface area (Å²) >= 11 is 0. The zero-order valence-electron chi connectivity index (χ0n) is 9.26. The van der Waals surface area contributed by atoms with Crippen molar-refractivity contribution in [3.63, 3.8) is 0 Å². The van der Waals surface area contributed by atoms with Crippen LogP contribution < -0.4 is 0 Å². The topological polar surface area (TPSA) is 27.1 Å². The molecule has 0 fully saturated rings. The second-order valence-electron chi connectivity index (χ2n) is 3.68. The van der Waals surface area contributed by atoms with Gasteiger partial charge in [-0.15, -0.1) is 0 Å². The van der Waals surface area contributed by atoms with Crippen LogP contribution in [0.1, 0.15) is 25.3 Å². The first-order chi connectivity index (χ1) is 7.13. The molecule has 0 radical (unpaired) electrons. The van der Waals surface area contributed by atoms with Gasteiger partial charge in [0, 0.05) is 20.0 Å². The molecule has 1 aromatic carbocycles. The van der Waals surface area contributed by atoms with Gasteiger partial charge in [-0.2, -0.15) is 0 Å². The van der Waals surface area contributed by atoms with Crippen LogP contribution in [0.3, 0.4) is 0 Å². The first-order valence-corrected chi connectivity index (χ1v) is 5.16. The van der Waals surface area contributed by atoms with E-state index in [9.17, 15) is 4.39 Å². The summed E-state index contributed by atoms with van der Waals surface area (Å²) < 4.78 is 12.9. The minimum Gasteiger partial charge on any atom is -0.359 e. The second-order valence-corrected chi connectivity index (χ2v) is 3.68. The van der Waals surface area contributed by atoms with E-state index in [2.05, 4.69) is 0 Å². The van der Waals surface area contributed by atoms with E-state index in [1.54, 1.807) is 6.07 Å². The van der Waals surface area contributed by atoms with Crippen molar-refractivity contribution in [1.29, 1.82) is 5.41 Å². The molecule has 0 unspecified atom stereocenters. The summed E-state index contributed by atoms with van der Waals surface area (Å²) in [5.74, 6) is 0.379. The molecule has 82 valence electrons. The van der Waals surface area contributed by atoms with Crippen LogP contribution in [-0.4, -0.2) is 17.8 Å². The largest absolute Gasteiger partial charge is 0.359 e. The lowest BCUT2D eigenvalue weighted by Crippen LogP contribution is -2.25. The van der Waals surface area contributed by atoms with Gasteiger partial charge >= 0.3 is 0 Å². The Hall–Kier alpha value is -1.38. The summed E-state index contributed by atoms with van der Waals surface area (Å²) in [5, 5.41) is 7.73. The third kappa shape index (κ3) is 3.70. The van der Waals surface area contributed by atoms with Gasteiger partial charge < -0.3 is 4.90 Å². The lowest BCUT2D eigenvalue weighted by atomic mass is 10.2. The van der Waals surface area contributed by atoms with E-state index >= 15 is 0 Å². The van der Waals surface area contributed by atoms with Crippen molar-refractivity contribution < 1.29 is 4.39 Å². The van der Waals surface area contributed by atoms with E-state index < -0.39 is 0 Å². The van der Waals surface area contributed by atoms with Crippen molar-refractivity contribution in [3.05, 3.63) is 35.6 Å². The highest BCUT2D eigenvalue weighted by molar-refractivity contribution is 5.78. The van der Waals surface area contributed by atoms with Gasteiger partial charge in [0.05, 0.1) is 5.84 Å². The second kappa shape index (κ2) is 5.49. The van der Waals surface area contributed by atoms with Gasteiger partial charge in [0.2, 0.25) is 0 Å². The van der Waals surface area contributed by atoms with E-state index in [4.69, 9.17) is 5.41 Å². The maximum absolute atomic E-state index is 12.9. The van der Waals surface area contributed by atoms with Gasteiger partial charge in [-0.25, -0.2) is 4.39 Å². The molecular weight excluding hydrogens is 191 g/mol. The summed E-state index contributed by atoms with van der Waals surface area (Å²) in [6.45, 7) is 2.64. The third-order valence-electron chi connectivity index (χ3n) is 2.26. The first-order valence-electron chi connectivity index (χ1n) is 5.16. The Balaban J connectivity index is 2.58. The summed E-state index contributed by atoms with van der Waals surface area (Å²) in [6.07, 6.45) is 1.73.